The minimum Gasteiger partial charge on any atom is -0.471 e. The lowest BCUT2D eigenvalue weighted by molar-refractivity contribution is -0.385. The summed E-state index contributed by atoms with van der Waals surface area (Å²) < 4.78 is 8.08. The number of halogens is 1. The van der Waals surface area contributed by atoms with E-state index in [4.69, 9.17) is 4.74 Å². The van der Waals surface area contributed by atoms with Crippen LogP contribution in [0.3, 0.4) is 0 Å². The molecule has 0 unspecified atom stereocenters. The molecule has 1 amide bonds. The largest absolute Gasteiger partial charge is 0.471 e. The SMILES string of the molecule is Cc1c(C(=O)Nc2cnn(COc3ccc(Br)cc3)c2)cccc1[N+](=O)[O-]. The Kier molecular flexibility index (Phi) is 5.51. The van der Waals surface area contributed by atoms with Crippen molar-refractivity contribution in [2.45, 2.75) is 13.7 Å². The fraction of sp³-hybridized carbons (Fsp3) is 0.111. The number of rotatable bonds is 6. The van der Waals surface area contributed by atoms with Gasteiger partial charge in [0, 0.05) is 21.7 Å². The van der Waals surface area contributed by atoms with Crippen LogP contribution in [0.4, 0.5) is 11.4 Å². The molecule has 0 aliphatic carbocycles. The van der Waals surface area contributed by atoms with E-state index >= 15 is 0 Å². The van der Waals surface area contributed by atoms with Gasteiger partial charge in [0.25, 0.3) is 11.6 Å². The van der Waals surface area contributed by atoms with Crippen molar-refractivity contribution in [2.75, 3.05) is 5.32 Å². The van der Waals surface area contributed by atoms with Crippen LogP contribution in [0.15, 0.2) is 59.3 Å². The van der Waals surface area contributed by atoms with E-state index in [1.165, 1.54) is 23.0 Å². The number of hydrogen-bond donors (Lipinski definition) is 1. The Morgan fingerprint density at radius 3 is 2.74 bits per heavy atom. The van der Waals surface area contributed by atoms with E-state index in [0.29, 0.717) is 17.0 Å². The molecule has 0 bridgehead atoms. The average Bonchev–Trinajstić information content (AvgIpc) is 3.08. The summed E-state index contributed by atoms with van der Waals surface area (Å²) in [5, 5.41) is 17.8. The molecule has 8 nitrogen and oxygen atoms in total. The third-order valence-corrected chi connectivity index (χ3v) is 4.34. The van der Waals surface area contributed by atoms with Crippen molar-refractivity contribution < 1.29 is 14.5 Å². The summed E-state index contributed by atoms with van der Waals surface area (Å²) in [5.74, 6) is 0.246. The Labute approximate surface area is 163 Å². The molecule has 1 heterocycles. The maximum Gasteiger partial charge on any atom is 0.273 e. The normalized spacial score (nSPS) is 10.4. The van der Waals surface area contributed by atoms with Crippen molar-refractivity contribution in [2.24, 2.45) is 0 Å². The smallest absolute Gasteiger partial charge is 0.273 e. The van der Waals surface area contributed by atoms with Crippen LogP contribution in [-0.2, 0) is 6.73 Å². The summed E-state index contributed by atoms with van der Waals surface area (Å²) in [4.78, 5) is 22.9. The Balaban J connectivity index is 1.65. The van der Waals surface area contributed by atoms with Crippen molar-refractivity contribution >= 4 is 33.2 Å². The zero-order chi connectivity index (χ0) is 19.4. The van der Waals surface area contributed by atoms with Crippen LogP contribution in [-0.4, -0.2) is 20.6 Å². The molecule has 2 aromatic carbocycles. The van der Waals surface area contributed by atoms with Gasteiger partial charge in [0.05, 0.1) is 23.0 Å². The van der Waals surface area contributed by atoms with Crippen molar-refractivity contribution in [3.63, 3.8) is 0 Å². The van der Waals surface area contributed by atoms with Crippen molar-refractivity contribution in [1.29, 1.82) is 0 Å². The fourth-order valence-electron chi connectivity index (χ4n) is 2.44. The van der Waals surface area contributed by atoms with Gasteiger partial charge >= 0.3 is 0 Å². The second-order valence-electron chi connectivity index (χ2n) is 5.66. The van der Waals surface area contributed by atoms with Crippen molar-refractivity contribution in [3.05, 3.63) is 80.6 Å². The van der Waals surface area contributed by atoms with Gasteiger partial charge in [-0.25, -0.2) is 4.68 Å². The first-order valence-corrected chi connectivity index (χ1v) is 8.69. The Hall–Kier alpha value is -3.20. The van der Waals surface area contributed by atoms with Gasteiger partial charge in [0.1, 0.15) is 5.75 Å². The molecule has 9 heteroatoms. The standard InChI is InChI=1S/C18H15BrN4O4/c1-12-16(3-2-4-17(12)23(25)26)18(24)21-14-9-20-22(10-14)11-27-15-7-5-13(19)6-8-15/h2-10H,11H2,1H3,(H,21,24). The highest BCUT2D eigenvalue weighted by atomic mass is 79.9. The van der Waals surface area contributed by atoms with Crippen LogP contribution in [0.2, 0.25) is 0 Å². The van der Waals surface area contributed by atoms with Gasteiger partial charge in [-0.05, 0) is 37.3 Å². The molecular formula is C18H15BrN4O4. The second kappa shape index (κ2) is 8.00. The lowest BCUT2D eigenvalue weighted by atomic mass is 10.1. The molecule has 0 saturated carbocycles. The number of nitro benzene ring substituents is 1. The third kappa shape index (κ3) is 4.50. The second-order valence-corrected chi connectivity index (χ2v) is 6.57. The average molecular weight is 431 g/mol. The first-order chi connectivity index (χ1) is 12.9. The highest BCUT2D eigenvalue weighted by Gasteiger charge is 2.18. The molecule has 0 radical (unpaired) electrons. The van der Waals surface area contributed by atoms with Crippen LogP contribution >= 0.6 is 15.9 Å². The molecule has 3 rings (SSSR count). The maximum atomic E-state index is 12.4. The number of aromatic nitrogens is 2. The molecule has 0 atom stereocenters. The van der Waals surface area contributed by atoms with E-state index in [9.17, 15) is 14.9 Å². The molecule has 0 saturated heterocycles. The molecular weight excluding hydrogens is 416 g/mol. The number of nitrogens with one attached hydrogen (secondary N) is 1. The number of carbonyl (C=O) groups excluding carboxylic acids is 1. The van der Waals surface area contributed by atoms with E-state index in [1.807, 2.05) is 24.3 Å². The monoisotopic (exact) mass is 430 g/mol. The van der Waals surface area contributed by atoms with Gasteiger partial charge in [-0.2, -0.15) is 5.10 Å². The van der Waals surface area contributed by atoms with Gasteiger partial charge in [0.15, 0.2) is 6.73 Å². The topological polar surface area (TPSA) is 99.3 Å². The van der Waals surface area contributed by atoms with Gasteiger partial charge in [-0.3, -0.25) is 14.9 Å². The quantitative estimate of drug-likeness (QED) is 0.467. The minimum atomic E-state index is -0.510. The van der Waals surface area contributed by atoms with E-state index in [2.05, 4.69) is 26.3 Å². The molecule has 138 valence electrons. The van der Waals surface area contributed by atoms with Crippen molar-refractivity contribution in [3.8, 4) is 5.75 Å². The lowest BCUT2D eigenvalue weighted by Crippen LogP contribution is -2.13. The van der Waals surface area contributed by atoms with Gasteiger partial charge in [0.2, 0.25) is 0 Å². The summed E-state index contributed by atoms with van der Waals surface area (Å²) in [7, 11) is 0. The van der Waals surface area contributed by atoms with Crippen LogP contribution in [0.1, 0.15) is 15.9 Å². The van der Waals surface area contributed by atoms with E-state index in [0.717, 1.165) is 4.47 Å². The number of amides is 1. The number of carbonyl (C=O) groups is 1. The molecule has 0 fully saturated rings. The zero-order valence-corrected chi connectivity index (χ0v) is 15.8. The molecule has 0 aliphatic rings. The number of hydrogen-bond acceptors (Lipinski definition) is 5. The summed E-state index contributed by atoms with van der Waals surface area (Å²) in [5.41, 5.74) is 0.917. The number of nitro groups is 1. The molecule has 3 aromatic rings. The highest BCUT2D eigenvalue weighted by molar-refractivity contribution is 9.10. The van der Waals surface area contributed by atoms with Crippen LogP contribution < -0.4 is 10.1 Å². The predicted octanol–water partition coefficient (Wildman–Crippen LogP) is 4.15. The van der Waals surface area contributed by atoms with E-state index in [1.54, 1.807) is 19.2 Å². The van der Waals surface area contributed by atoms with E-state index in [-0.39, 0.29) is 18.0 Å². The van der Waals surface area contributed by atoms with Crippen LogP contribution in [0, 0.1) is 17.0 Å². The van der Waals surface area contributed by atoms with Crippen LogP contribution in [0.25, 0.3) is 0 Å². The molecule has 1 N–H and O–H groups in total. The molecule has 27 heavy (non-hydrogen) atoms. The maximum absolute atomic E-state index is 12.4. The Bertz CT molecular complexity index is 985. The predicted molar refractivity (Wildman–Crippen MR) is 103 cm³/mol. The van der Waals surface area contributed by atoms with Gasteiger partial charge < -0.3 is 10.1 Å². The first-order valence-electron chi connectivity index (χ1n) is 7.90. The summed E-state index contributed by atoms with van der Waals surface area (Å²) >= 11 is 3.35. The summed E-state index contributed by atoms with van der Waals surface area (Å²) in [6.45, 7) is 1.72. The first kappa shape index (κ1) is 18.6. The molecule has 0 spiro atoms. The number of ether oxygens (including phenoxy) is 1. The van der Waals surface area contributed by atoms with Gasteiger partial charge in [-0.1, -0.05) is 22.0 Å². The Morgan fingerprint density at radius 1 is 1.30 bits per heavy atom. The van der Waals surface area contributed by atoms with Gasteiger partial charge in [-0.15, -0.1) is 0 Å². The minimum absolute atomic E-state index is 0.0961. The van der Waals surface area contributed by atoms with Crippen LogP contribution in [0.5, 0.6) is 5.75 Å². The molecule has 0 aliphatic heterocycles. The number of benzene rings is 2. The highest BCUT2D eigenvalue weighted by Crippen LogP contribution is 2.22. The summed E-state index contributed by atoms with van der Waals surface area (Å²) in [6.07, 6.45) is 3.10. The third-order valence-electron chi connectivity index (χ3n) is 3.81. The van der Waals surface area contributed by atoms with Crippen molar-refractivity contribution in [1.82, 2.24) is 9.78 Å². The number of nitrogens with zero attached hydrogens (tertiary/aromatic N) is 3. The number of anilines is 1. The summed E-state index contributed by atoms with van der Waals surface area (Å²) in [6, 6.07) is 11.8. The van der Waals surface area contributed by atoms with E-state index < -0.39 is 10.8 Å². The lowest BCUT2D eigenvalue weighted by Gasteiger charge is -2.07. The fourth-order valence-corrected chi connectivity index (χ4v) is 2.70. The molecule has 1 aromatic heterocycles. The Morgan fingerprint density at radius 2 is 2.04 bits per heavy atom. The zero-order valence-electron chi connectivity index (χ0n) is 14.3.